The van der Waals surface area contributed by atoms with Crippen molar-refractivity contribution in [1.82, 2.24) is 9.55 Å². The number of imidazole rings is 1. The maximum absolute atomic E-state index is 12.6. The summed E-state index contributed by atoms with van der Waals surface area (Å²) in [6, 6.07) is 3.07. The zero-order valence-corrected chi connectivity index (χ0v) is 9.32. The van der Waals surface area contributed by atoms with Crippen LogP contribution in [0.4, 0.5) is 13.2 Å². The van der Waals surface area contributed by atoms with Gasteiger partial charge in [-0.25, -0.2) is 4.98 Å². The first-order valence-electron chi connectivity index (χ1n) is 4.50. The van der Waals surface area contributed by atoms with Crippen LogP contribution in [-0.4, -0.2) is 9.55 Å². The monoisotopic (exact) mass is 248 g/mol. The van der Waals surface area contributed by atoms with E-state index < -0.39 is 12.0 Å². The van der Waals surface area contributed by atoms with Crippen LogP contribution in [0.1, 0.15) is 11.4 Å². The van der Waals surface area contributed by atoms with Crippen LogP contribution in [0.25, 0.3) is 11.0 Å². The molecule has 0 bridgehead atoms. The fourth-order valence-electron chi connectivity index (χ4n) is 1.67. The topological polar surface area (TPSA) is 17.8 Å². The maximum Gasteiger partial charge on any atom is 0.449 e. The number of benzene rings is 1. The highest BCUT2D eigenvalue weighted by Gasteiger charge is 2.36. The van der Waals surface area contributed by atoms with E-state index in [2.05, 4.69) is 4.98 Å². The summed E-state index contributed by atoms with van der Waals surface area (Å²) < 4.78 is 38.8. The van der Waals surface area contributed by atoms with Gasteiger partial charge in [0.25, 0.3) is 0 Å². The SMILES string of the molecule is Cc1cc(Cl)cc2c1nc(C(F)(F)F)n2C. The van der Waals surface area contributed by atoms with E-state index in [9.17, 15) is 13.2 Å². The van der Waals surface area contributed by atoms with Crippen molar-refractivity contribution in [3.8, 4) is 0 Å². The molecule has 0 aliphatic rings. The van der Waals surface area contributed by atoms with E-state index in [0.717, 1.165) is 4.57 Å². The summed E-state index contributed by atoms with van der Waals surface area (Å²) in [5, 5.41) is 0.404. The molecule has 1 aromatic heterocycles. The highest BCUT2D eigenvalue weighted by Crippen LogP contribution is 2.32. The van der Waals surface area contributed by atoms with E-state index in [0.29, 0.717) is 21.6 Å². The number of rotatable bonds is 0. The smallest absolute Gasteiger partial charge is 0.323 e. The molecule has 2 rings (SSSR count). The van der Waals surface area contributed by atoms with Gasteiger partial charge in [0.1, 0.15) is 0 Å². The summed E-state index contributed by atoms with van der Waals surface area (Å²) in [6.07, 6.45) is -4.45. The lowest BCUT2D eigenvalue weighted by Crippen LogP contribution is -2.12. The quantitative estimate of drug-likeness (QED) is 0.697. The van der Waals surface area contributed by atoms with Crippen LogP contribution in [0.15, 0.2) is 12.1 Å². The second kappa shape index (κ2) is 3.38. The minimum absolute atomic E-state index is 0.333. The summed E-state index contributed by atoms with van der Waals surface area (Å²) in [7, 11) is 1.33. The number of hydrogen-bond donors (Lipinski definition) is 0. The molecule has 1 aromatic carbocycles. The lowest BCUT2D eigenvalue weighted by atomic mass is 10.2. The molecule has 0 saturated carbocycles. The van der Waals surface area contributed by atoms with Gasteiger partial charge in [-0.1, -0.05) is 11.6 Å². The van der Waals surface area contributed by atoms with Gasteiger partial charge >= 0.3 is 6.18 Å². The third-order valence-corrected chi connectivity index (χ3v) is 2.61. The van der Waals surface area contributed by atoms with E-state index in [-0.39, 0.29) is 0 Å². The van der Waals surface area contributed by atoms with E-state index in [1.807, 2.05) is 0 Å². The third kappa shape index (κ3) is 1.65. The molecule has 0 saturated heterocycles. The average Bonchev–Trinajstić information content (AvgIpc) is 2.43. The van der Waals surface area contributed by atoms with E-state index in [1.165, 1.54) is 13.1 Å². The third-order valence-electron chi connectivity index (χ3n) is 2.40. The number of alkyl halides is 3. The van der Waals surface area contributed by atoms with Crippen LogP contribution in [-0.2, 0) is 13.2 Å². The van der Waals surface area contributed by atoms with Crippen LogP contribution < -0.4 is 0 Å². The maximum atomic E-state index is 12.6. The zero-order chi connectivity index (χ0) is 12.1. The van der Waals surface area contributed by atoms with Gasteiger partial charge in [0.05, 0.1) is 11.0 Å². The molecule has 0 amide bonds. The second-order valence-electron chi connectivity index (χ2n) is 3.58. The fraction of sp³-hybridized carbons (Fsp3) is 0.300. The number of fused-ring (bicyclic) bond motifs is 1. The second-order valence-corrected chi connectivity index (χ2v) is 4.02. The predicted molar refractivity (Wildman–Crippen MR) is 55.5 cm³/mol. The Labute approximate surface area is 94.6 Å². The molecular weight excluding hydrogens is 241 g/mol. The van der Waals surface area contributed by atoms with Crippen molar-refractivity contribution in [2.75, 3.05) is 0 Å². The molecule has 0 fully saturated rings. The molecule has 6 heteroatoms. The van der Waals surface area contributed by atoms with Gasteiger partial charge in [-0.3, -0.25) is 0 Å². The Morgan fingerprint density at radius 3 is 2.50 bits per heavy atom. The number of nitrogens with zero attached hydrogens (tertiary/aromatic N) is 2. The van der Waals surface area contributed by atoms with Crippen molar-refractivity contribution in [2.24, 2.45) is 7.05 Å². The molecule has 0 aliphatic heterocycles. The lowest BCUT2D eigenvalue weighted by Gasteiger charge is -2.05. The molecule has 0 aliphatic carbocycles. The van der Waals surface area contributed by atoms with Crippen molar-refractivity contribution in [3.05, 3.63) is 28.5 Å². The van der Waals surface area contributed by atoms with Gasteiger partial charge in [0.2, 0.25) is 5.82 Å². The summed E-state index contributed by atoms with van der Waals surface area (Å²) in [6.45, 7) is 1.68. The first-order chi connectivity index (χ1) is 7.30. The van der Waals surface area contributed by atoms with Gasteiger partial charge in [0, 0.05) is 12.1 Å². The van der Waals surface area contributed by atoms with Crippen LogP contribution in [0.5, 0.6) is 0 Å². The molecule has 16 heavy (non-hydrogen) atoms. The van der Waals surface area contributed by atoms with Crippen LogP contribution in [0.3, 0.4) is 0 Å². The predicted octanol–water partition coefficient (Wildman–Crippen LogP) is 3.55. The first-order valence-corrected chi connectivity index (χ1v) is 4.88. The first kappa shape index (κ1) is 11.3. The van der Waals surface area contributed by atoms with Crippen LogP contribution in [0.2, 0.25) is 5.02 Å². The average molecular weight is 249 g/mol. The highest BCUT2D eigenvalue weighted by molar-refractivity contribution is 6.31. The Morgan fingerprint density at radius 2 is 1.94 bits per heavy atom. The molecule has 0 spiro atoms. The van der Waals surface area contributed by atoms with Gasteiger partial charge < -0.3 is 4.57 Å². The van der Waals surface area contributed by atoms with E-state index >= 15 is 0 Å². The van der Waals surface area contributed by atoms with Crippen molar-refractivity contribution < 1.29 is 13.2 Å². The molecule has 0 radical (unpaired) electrons. The zero-order valence-electron chi connectivity index (χ0n) is 8.56. The van der Waals surface area contributed by atoms with Gasteiger partial charge in [-0.2, -0.15) is 13.2 Å². The molecule has 0 N–H and O–H groups in total. The largest absolute Gasteiger partial charge is 0.449 e. The van der Waals surface area contributed by atoms with Crippen LogP contribution >= 0.6 is 11.6 Å². The molecule has 0 unspecified atom stereocenters. The number of aryl methyl sites for hydroxylation is 2. The van der Waals surface area contributed by atoms with Gasteiger partial charge in [-0.15, -0.1) is 0 Å². The fourth-order valence-corrected chi connectivity index (χ4v) is 1.93. The normalized spacial score (nSPS) is 12.4. The van der Waals surface area contributed by atoms with Crippen molar-refractivity contribution in [3.63, 3.8) is 0 Å². The number of hydrogen-bond acceptors (Lipinski definition) is 1. The summed E-state index contributed by atoms with van der Waals surface area (Å²) in [5.74, 6) is -0.909. The number of aromatic nitrogens is 2. The van der Waals surface area contributed by atoms with Gasteiger partial charge in [-0.05, 0) is 24.6 Å². The Kier molecular flexibility index (Phi) is 2.38. The molecular formula is C10H8ClF3N2. The van der Waals surface area contributed by atoms with Crippen LogP contribution in [0, 0.1) is 6.92 Å². The summed E-state index contributed by atoms with van der Waals surface area (Å²) in [4.78, 5) is 3.60. The summed E-state index contributed by atoms with van der Waals surface area (Å²) in [5.41, 5.74) is 1.35. The van der Waals surface area contributed by atoms with Crippen molar-refractivity contribution in [2.45, 2.75) is 13.1 Å². The lowest BCUT2D eigenvalue weighted by molar-refractivity contribution is -0.146. The summed E-state index contributed by atoms with van der Waals surface area (Å²) >= 11 is 5.80. The standard InChI is InChI=1S/C10H8ClF3N2/c1-5-3-6(11)4-7-8(5)15-9(16(7)2)10(12,13)14/h3-4H,1-2H3. The molecule has 2 aromatic rings. The minimum Gasteiger partial charge on any atom is -0.323 e. The minimum atomic E-state index is -4.45. The molecule has 0 atom stereocenters. The molecule has 86 valence electrons. The Morgan fingerprint density at radius 1 is 1.31 bits per heavy atom. The Bertz CT molecular complexity index is 557. The Hall–Kier alpha value is -1.23. The Balaban J connectivity index is 2.83. The molecule has 1 heterocycles. The van der Waals surface area contributed by atoms with Crippen molar-refractivity contribution in [1.29, 1.82) is 0 Å². The van der Waals surface area contributed by atoms with Crippen molar-refractivity contribution >= 4 is 22.6 Å². The van der Waals surface area contributed by atoms with E-state index in [4.69, 9.17) is 11.6 Å². The highest BCUT2D eigenvalue weighted by atomic mass is 35.5. The van der Waals surface area contributed by atoms with Gasteiger partial charge in [0.15, 0.2) is 0 Å². The molecule has 2 nitrogen and oxygen atoms in total. The van der Waals surface area contributed by atoms with E-state index in [1.54, 1.807) is 13.0 Å². The number of halogens is 4.